The van der Waals surface area contributed by atoms with Crippen LogP contribution < -0.4 is 11.6 Å². The lowest BCUT2D eigenvalue weighted by Crippen LogP contribution is -1.97. The highest BCUT2D eigenvalue weighted by Gasteiger charge is 1.69. The molecule has 0 saturated carbocycles. The molecule has 0 heterocycles. The summed E-state index contributed by atoms with van der Waals surface area (Å²) in [6.07, 6.45) is 2.43. The van der Waals surface area contributed by atoms with Crippen LogP contribution in [-0.4, -0.2) is 12.3 Å². The molecular formula is C10H20N2O2. The van der Waals surface area contributed by atoms with Gasteiger partial charge in [-0.2, -0.15) is 5.90 Å². The van der Waals surface area contributed by atoms with Crippen molar-refractivity contribution >= 4 is 5.78 Å². The van der Waals surface area contributed by atoms with Gasteiger partial charge in [-0.05, 0) is 19.9 Å². The molecule has 0 rings (SSSR count). The second-order valence-corrected chi connectivity index (χ2v) is 2.28. The summed E-state index contributed by atoms with van der Waals surface area (Å²) >= 11 is 0. The molecule has 0 aliphatic heterocycles. The van der Waals surface area contributed by atoms with Crippen molar-refractivity contribution in [2.45, 2.75) is 13.8 Å². The van der Waals surface area contributed by atoms with Gasteiger partial charge in [-0.15, -0.1) is 0 Å². The predicted octanol–water partition coefficient (Wildman–Crippen LogP) is 1.30. The van der Waals surface area contributed by atoms with Crippen LogP contribution in [0.1, 0.15) is 13.8 Å². The fourth-order valence-corrected chi connectivity index (χ4v) is 0. The minimum Gasteiger partial charge on any atom is -0.420 e. The quantitative estimate of drug-likeness (QED) is 0.311. The third-order valence-electron chi connectivity index (χ3n) is 0.732. The fourth-order valence-electron chi connectivity index (χ4n) is 0. The molecular weight excluding hydrogens is 180 g/mol. The molecule has 0 atom stereocenters. The van der Waals surface area contributed by atoms with Crippen LogP contribution in [-0.2, 0) is 9.63 Å². The molecule has 0 saturated heterocycles. The van der Waals surface area contributed by atoms with E-state index in [1.165, 1.54) is 13.0 Å². The number of ketones is 1. The third kappa shape index (κ3) is 75.2. The molecule has 0 aromatic carbocycles. The molecule has 0 radical (unpaired) electrons. The molecule has 0 unspecified atom stereocenters. The van der Waals surface area contributed by atoms with Crippen LogP contribution in [0, 0.1) is 0 Å². The van der Waals surface area contributed by atoms with Gasteiger partial charge in [-0.1, -0.05) is 25.3 Å². The van der Waals surface area contributed by atoms with Gasteiger partial charge in [0.2, 0.25) is 0 Å². The number of hydrogen-bond acceptors (Lipinski definition) is 4. The van der Waals surface area contributed by atoms with E-state index in [0.29, 0.717) is 6.54 Å². The van der Waals surface area contributed by atoms with E-state index < -0.39 is 0 Å². The van der Waals surface area contributed by atoms with Crippen LogP contribution in [0.3, 0.4) is 0 Å². The summed E-state index contributed by atoms with van der Waals surface area (Å²) in [4.78, 5) is 13.5. The van der Waals surface area contributed by atoms with Gasteiger partial charge < -0.3 is 10.6 Å². The van der Waals surface area contributed by atoms with Crippen molar-refractivity contribution in [3.63, 3.8) is 0 Å². The van der Waals surface area contributed by atoms with Crippen LogP contribution in [0.5, 0.6) is 0 Å². The highest BCUT2D eigenvalue weighted by molar-refractivity contribution is 5.86. The normalized spacial score (nSPS) is 6.57. The zero-order chi connectivity index (χ0) is 12.0. The maximum absolute atomic E-state index is 9.69. The van der Waals surface area contributed by atoms with Crippen LogP contribution in [0.2, 0.25) is 0 Å². The minimum atomic E-state index is 0.0185. The van der Waals surface area contributed by atoms with Gasteiger partial charge in [0.1, 0.15) is 6.26 Å². The van der Waals surface area contributed by atoms with Gasteiger partial charge in [0, 0.05) is 6.54 Å². The second-order valence-electron chi connectivity index (χ2n) is 2.28. The van der Waals surface area contributed by atoms with Crippen molar-refractivity contribution < 1.29 is 9.63 Å². The Hall–Kier alpha value is -1.39. The molecule has 0 amide bonds. The molecule has 14 heavy (non-hydrogen) atoms. The smallest absolute Gasteiger partial charge is 0.152 e. The first kappa shape index (κ1) is 18.4. The molecule has 0 aromatic rings. The number of nitrogens with two attached hydrogens (primary N) is 2. The summed E-state index contributed by atoms with van der Waals surface area (Å²) < 4.78 is 0. The Balaban J connectivity index is -0.000000131. The van der Waals surface area contributed by atoms with Crippen molar-refractivity contribution in [3.8, 4) is 0 Å². The fraction of sp³-hybridized carbons (Fsp3) is 0.300. The summed E-state index contributed by atoms with van der Waals surface area (Å²) in [5.41, 5.74) is 6.10. The Morgan fingerprint density at radius 2 is 1.64 bits per heavy atom. The van der Waals surface area contributed by atoms with Crippen LogP contribution in [0.15, 0.2) is 37.6 Å². The second kappa shape index (κ2) is 17.6. The van der Waals surface area contributed by atoms with Gasteiger partial charge in [0.15, 0.2) is 5.78 Å². The maximum atomic E-state index is 9.69. The molecule has 82 valence electrons. The third-order valence-corrected chi connectivity index (χ3v) is 0.732. The van der Waals surface area contributed by atoms with E-state index in [1.807, 2.05) is 6.92 Å². The zero-order valence-electron chi connectivity index (χ0n) is 8.95. The lowest BCUT2D eigenvalue weighted by atomic mass is 10.4. The predicted molar refractivity (Wildman–Crippen MR) is 60.2 cm³/mol. The molecule has 0 spiro atoms. The van der Waals surface area contributed by atoms with Crippen molar-refractivity contribution in [2.75, 3.05) is 6.54 Å². The molecule has 4 N–H and O–H groups in total. The SMILES string of the molecule is C=C(C)CN.C=CC(C)=O.C=CON. The number of carbonyl (C=O) groups is 1. The Kier molecular flexibility index (Phi) is 23.2. The standard InChI is InChI=1S/C4H9N.C4H6O.C2H5NO/c1-4(2)3-5;1-3-4(2)5;1-2-4-3/h1,3,5H2,2H3;3H,1H2,2H3;2H,1,3H2. The number of carbonyl (C=O) groups excluding carboxylic acids is 1. The molecule has 0 aromatic heterocycles. The summed E-state index contributed by atoms with van der Waals surface area (Å²) in [7, 11) is 0. The first-order valence-electron chi connectivity index (χ1n) is 3.90. The Labute approximate surface area is 85.9 Å². The molecule has 0 aliphatic rings. The van der Waals surface area contributed by atoms with E-state index in [9.17, 15) is 4.79 Å². The summed E-state index contributed by atoms with van der Waals surface area (Å²) in [6, 6.07) is 0. The largest absolute Gasteiger partial charge is 0.420 e. The molecule has 0 fully saturated rings. The lowest BCUT2D eigenvalue weighted by Gasteiger charge is -1.80. The zero-order valence-corrected chi connectivity index (χ0v) is 8.95. The summed E-state index contributed by atoms with van der Waals surface area (Å²) in [5, 5.41) is 0. The van der Waals surface area contributed by atoms with Gasteiger partial charge in [0.25, 0.3) is 0 Å². The van der Waals surface area contributed by atoms with Crippen molar-refractivity contribution in [3.05, 3.63) is 37.6 Å². The van der Waals surface area contributed by atoms with Gasteiger partial charge >= 0.3 is 0 Å². The minimum absolute atomic E-state index is 0.0185. The van der Waals surface area contributed by atoms with E-state index in [2.05, 4.69) is 30.5 Å². The van der Waals surface area contributed by atoms with E-state index in [1.54, 1.807) is 0 Å². The van der Waals surface area contributed by atoms with Crippen LogP contribution >= 0.6 is 0 Å². The van der Waals surface area contributed by atoms with E-state index in [4.69, 9.17) is 5.73 Å². The van der Waals surface area contributed by atoms with E-state index in [-0.39, 0.29) is 5.78 Å². The number of rotatable bonds is 3. The van der Waals surface area contributed by atoms with Crippen LogP contribution in [0.25, 0.3) is 0 Å². The van der Waals surface area contributed by atoms with Crippen molar-refractivity contribution in [2.24, 2.45) is 11.6 Å². The Morgan fingerprint density at radius 1 is 1.43 bits per heavy atom. The molecule has 4 heteroatoms. The highest BCUT2D eigenvalue weighted by Crippen LogP contribution is 1.74. The summed E-state index contributed by atoms with van der Waals surface area (Å²) in [6.45, 7) is 13.9. The lowest BCUT2D eigenvalue weighted by molar-refractivity contribution is -0.112. The Morgan fingerprint density at radius 3 is 1.64 bits per heavy atom. The molecule has 0 bridgehead atoms. The number of hydrogen-bond donors (Lipinski definition) is 2. The molecule has 4 nitrogen and oxygen atoms in total. The first-order chi connectivity index (χ1) is 6.45. The van der Waals surface area contributed by atoms with Gasteiger partial charge in [0.05, 0.1) is 0 Å². The first-order valence-corrected chi connectivity index (χ1v) is 3.90. The average Bonchev–Trinajstić information content (AvgIpc) is 2.19. The maximum Gasteiger partial charge on any atom is 0.152 e. The van der Waals surface area contributed by atoms with Crippen molar-refractivity contribution in [1.82, 2.24) is 0 Å². The van der Waals surface area contributed by atoms with Crippen molar-refractivity contribution in [1.29, 1.82) is 0 Å². The highest BCUT2D eigenvalue weighted by atomic mass is 16.6. The van der Waals surface area contributed by atoms with Gasteiger partial charge in [-0.25, -0.2) is 0 Å². The van der Waals surface area contributed by atoms with Gasteiger partial charge in [-0.3, -0.25) is 4.79 Å². The van der Waals surface area contributed by atoms with E-state index >= 15 is 0 Å². The Bertz CT molecular complexity index is 177. The topological polar surface area (TPSA) is 78.3 Å². The van der Waals surface area contributed by atoms with E-state index in [0.717, 1.165) is 11.8 Å². The molecule has 0 aliphatic carbocycles. The monoisotopic (exact) mass is 200 g/mol. The van der Waals surface area contributed by atoms with Crippen LogP contribution in [0.4, 0.5) is 0 Å². The summed E-state index contributed by atoms with van der Waals surface area (Å²) in [5.74, 6) is 4.43. The number of allylic oxidation sites excluding steroid dienone is 1. The average molecular weight is 200 g/mol.